The van der Waals surface area contributed by atoms with Crippen molar-refractivity contribution in [3.8, 4) is 0 Å². The Morgan fingerprint density at radius 3 is 2.50 bits per heavy atom. The second kappa shape index (κ2) is 7.07. The number of carbonyl (C=O) groups is 1. The zero-order chi connectivity index (χ0) is 17.9. The number of hydrogen-bond donors (Lipinski definition) is 0. The Morgan fingerprint density at radius 1 is 1.25 bits per heavy atom. The molecule has 0 fully saturated rings. The smallest absolute Gasteiger partial charge is 0.361 e. The maximum atomic E-state index is 13.0. The average molecular weight is 340 g/mol. The lowest BCUT2D eigenvalue weighted by atomic mass is 10.1. The highest BCUT2D eigenvalue weighted by atomic mass is 19.4. The first kappa shape index (κ1) is 18.0. The van der Waals surface area contributed by atoms with Crippen LogP contribution in [0, 0.1) is 13.8 Å². The van der Waals surface area contributed by atoms with E-state index in [2.05, 4.69) is 5.16 Å². The minimum Gasteiger partial charge on any atom is -0.361 e. The number of amides is 1. The van der Waals surface area contributed by atoms with Crippen LogP contribution in [0.25, 0.3) is 0 Å². The number of rotatable bonds is 5. The fraction of sp³-hybridized carbons (Fsp3) is 0.412. The number of nitrogens with zero attached hydrogens (tertiary/aromatic N) is 2. The van der Waals surface area contributed by atoms with Gasteiger partial charge in [0, 0.05) is 25.6 Å². The zero-order valence-corrected chi connectivity index (χ0v) is 13.8. The van der Waals surface area contributed by atoms with E-state index in [0.717, 1.165) is 17.3 Å². The van der Waals surface area contributed by atoms with Crippen molar-refractivity contribution in [3.05, 3.63) is 52.4 Å². The van der Waals surface area contributed by atoms with Crippen LogP contribution >= 0.6 is 0 Å². The Labute approximate surface area is 138 Å². The van der Waals surface area contributed by atoms with Crippen LogP contribution in [0.2, 0.25) is 0 Å². The van der Waals surface area contributed by atoms with Crippen molar-refractivity contribution in [1.29, 1.82) is 0 Å². The lowest BCUT2D eigenvalue weighted by Gasteiger charge is -2.20. The van der Waals surface area contributed by atoms with E-state index < -0.39 is 11.7 Å². The van der Waals surface area contributed by atoms with Gasteiger partial charge in [0.1, 0.15) is 5.76 Å². The Balaban J connectivity index is 2.02. The molecule has 0 radical (unpaired) electrons. The number of alkyl halides is 3. The number of hydrogen-bond acceptors (Lipinski definition) is 3. The first-order valence-corrected chi connectivity index (χ1v) is 7.51. The molecule has 1 aromatic carbocycles. The van der Waals surface area contributed by atoms with Gasteiger partial charge in [-0.25, -0.2) is 0 Å². The van der Waals surface area contributed by atoms with Crippen LogP contribution in [0.1, 0.15) is 34.6 Å². The van der Waals surface area contributed by atoms with Gasteiger partial charge in [-0.05, 0) is 31.9 Å². The summed E-state index contributed by atoms with van der Waals surface area (Å²) in [5.74, 6) is 0.428. The summed E-state index contributed by atoms with van der Waals surface area (Å²) in [5, 5.41) is 3.82. The van der Waals surface area contributed by atoms with Crippen LogP contribution in [-0.4, -0.2) is 23.0 Å². The van der Waals surface area contributed by atoms with Gasteiger partial charge in [-0.3, -0.25) is 4.79 Å². The van der Waals surface area contributed by atoms with Crippen LogP contribution in [0.3, 0.4) is 0 Å². The molecular weight excluding hydrogens is 321 g/mol. The molecule has 0 N–H and O–H groups in total. The molecule has 0 saturated carbocycles. The Morgan fingerprint density at radius 2 is 1.92 bits per heavy atom. The molecule has 24 heavy (non-hydrogen) atoms. The number of carbonyl (C=O) groups excluding carboxylic acids is 1. The van der Waals surface area contributed by atoms with E-state index in [1.807, 2.05) is 0 Å². The molecule has 0 saturated heterocycles. The summed E-state index contributed by atoms with van der Waals surface area (Å²) in [6.07, 6.45) is -3.80. The quantitative estimate of drug-likeness (QED) is 0.829. The average Bonchev–Trinajstić information content (AvgIpc) is 2.83. The second-order valence-electron chi connectivity index (χ2n) is 5.71. The van der Waals surface area contributed by atoms with Crippen LogP contribution in [0.15, 0.2) is 28.8 Å². The molecule has 2 rings (SSSR count). The predicted octanol–water partition coefficient (Wildman–Crippen LogP) is 3.90. The summed E-state index contributed by atoms with van der Waals surface area (Å²) >= 11 is 0. The summed E-state index contributed by atoms with van der Waals surface area (Å²) in [7, 11) is 1.50. The highest BCUT2D eigenvalue weighted by Crippen LogP contribution is 2.32. The molecule has 0 aliphatic rings. The minimum absolute atomic E-state index is 0.0817. The molecule has 0 aliphatic carbocycles. The molecule has 0 aliphatic heterocycles. The lowest BCUT2D eigenvalue weighted by Crippen LogP contribution is -2.27. The van der Waals surface area contributed by atoms with Gasteiger partial charge in [0.15, 0.2) is 0 Å². The zero-order valence-electron chi connectivity index (χ0n) is 13.8. The molecule has 1 aromatic heterocycles. The van der Waals surface area contributed by atoms with Crippen LogP contribution in [0.5, 0.6) is 0 Å². The molecule has 7 heteroatoms. The van der Waals surface area contributed by atoms with Gasteiger partial charge in [0.25, 0.3) is 0 Å². The standard InChI is InChI=1S/C17H19F3N2O2/c1-11-14(12(2)24-21-11)8-9-16(23)22(3)10-13-6-4-5-7-15(13)17(18,19)20/h4-7H,8-10H2,1-3H3. The number of halogens is 3. The molecule has 1 heterocycles. The van der Waals surface area contributed by atoms with E-state index >= 15 is 0 Å². The van der Waals surface area contributed by atoms with E-state index in [4.69, 9.17) is 4.52 Å². The van der Waals surface area contributed by atoms with Gasteiger partial charge in [-0.2, -0.15) is 13.2 Å². The van der Waals surface area contributed by atoms with E-state index in [-0.39, 0.29) is 24.4 Å². The van der Waals surface area contributed by atoms with Crippen LogP contribution in [0.4, 0.5) is 13.2 Å². The largest absolute Gasteiger partial charge is 0.416 e. The summed E-state index contributed by atoms with van der Waals surface area (Å²) in [4.78, 5) is 13.5. The van der Waals surface area contributed by atoms with Crippen molar-refractivity contribution in [1.82, 2.24) is 10.1 Å². The van der Waals surface area contributed by atoms with Crippen molar-refractivity contribution in [2.75, 3.05) is 7.05 Å². The van der Waals surface area contributed by atoms with Gasteiger partial charge in [0.2, 0.25) is 5.91 Å². The van der Waals surface area contributed by atoms with E-state index in [9.17, 15) is 18.0 Å². The lowest BCUT2D eigenvalue weighted by molar-refractivity contribution is -0.139. The minimum atomic E-state index is -4.43. The number of aryl methyl sites for hydroxylation is 2. The van der Waals surface area contributed by atoms with E-state index in [0.29, 0.717) is 12.2 Å². The van der Waals surface area contributed by atoms with Gasteiger partial charge >= 0.3 is 6.18 Å². The Kier molecular flexibility index (Phi) is 5.31. The first-order valence-electron chi connectivity index (χ1n) is 7.51. The van der Waals surface area contributed by atoms with E-state index in [1.165, 1.54) is 30.1 Å². The van der Waals surface area contributed by atoms with Crippen molar-refractivity contribution in [2.24, 2.45) is 0 Å². The molecule has 0 bridgehead atoms. The monoisotopic (exact) mass is 340 g/mol. The second-order valence-corrected chi connectivity index (χ2v) is 5.71. The molecule has 1 amide bonds. The predicted molar refractivity (Wildman–Crippen MR) is 82.2 cm³/mol. The molecule has 4 nitrogen and oxygen atoms in total. The topological polar surface area (TPSA) is 46.3 Å². The first-order chi connectivity index (χ1) is 11.2. The summed E-state index contributed by atoms with van der Waals surface area (Å²) < 4.78 is 44.0. The summed E-state index contributed by atoms with van der Waals surface area (Å²) in [5.41, 5.74) is 0.964. The third-order valence-electron chi connectivity index (χ3n) is 3.93. The molecule has 0 unspecified atom stereocenters. The maximum Gasteiger partial charge on any atom is 0.416 e. The SMILES string of the molecule is Cc1noc(C)c1CCC(=O)N(C)Cc1ccccc1C(F)(F)F. The van der Waals surface area contributed by atoms with Gasteiger partial charge in [-0.15, -0.1) is 0 Å². The Hall–Kier alpha value is -2.31. The van der Waals surface area contributed by atoms with Crippen molar-refractivity contribution < 1.29 is 22.5 Å². The summed E-state index contributed by atoms with van der Waals surface area (Å²) in [6.45, 7) is 3.47. The van der Waals surface area contributed by atoms with E-state index in [1.54, 1.807) is 13.8 Å². The van der Waals surface area contributed by atoms with Crippen molar-refractivity contribution in [2.45, 2.75) is 39.4 Å². The van der Waals surface area contributed by atoms with Gasteiger partial charge in [-0.1, -0.05) is 23.4 Å². The highest BCUT2D eigenvalue weighted by Gasteiger charge is 2.33. The van der Waals surface area contributed by atoms with Crippen LogP contribution < -0.4 is 0 Å². The Bertz CT molecular complexity index is 703. The molecule has 0 atom stereocenters. The normalized spacial score (nSPS) is 11.6. The molecule has 130 valence electrons. The van der Waals surface area contributed by atoms with Gasteiger partial charge < -0.3 is 9.42 Å². The number of benzene rings is 1. The van der Waals surface area contributed by atoms with Crippen LogP contribution in [-0.2, 0) is 23.9 Å². The van der Waals surface area contributed by atoms with Gasteiger partial charge in [0.05, 0.1) is 11.3 Å². The third kappa shape index (κ3) is 4.15. The maximum absolute atomic E-state index is 13.0. The third-order valence-corrected chi connectivity index (χ3v) is 3.93. The molecule has 2 aromatic rings. The molecular formula is C17H19F3N2O2. The molecule has 0 spiro atoms. The van der Waals surface area contributed by atoms with Crippen molar-refractivity contribution >= 4 is 5.91 Å². The number of aromatic nitrogens is 1. The van der Waals surface area contributed by atoms with Crippen molar-refractivity contribution in [3.63, 3.8) is 0 Å². The highest BCUT2D eigenvalue weighted by molar-refractivity contribution is 5.76. The fourth-order valence-corrected chi connectivity index (χ4v) is 2.56. The fourth-order valence-electron chi connectivity index (χ4n) is 2.56. The summed E-state index contributed by atoms with van der Waals surface area (Å²) in [6, 6.07) is 5.29.